The van der Waals surface area contributed by atoms with E-state index in [9.17, 15) is 14.0 Å². The van der Waals surface area contributed by atoms with Crippen LogP contribution in [-0.2, 0) is 5.66 Å². The zero-order chi connectivity index (χ0) is 19.3. The van der Waals surface area contributed by atoms with Gasteiger partial charge < -0.3 is 9.80 Å². The predicted molar refractivity (Wildman–Crippen MR) is 99.9 cm³/mol. The van der Waals surface area contributed by atoms with Crippen molar-refractivity contribution in [2.24, 2.45) is 0 Å². The second-order valence-electron chi connectivity index (χ2n) is 6.88. The maximum absolute atomic E-state index is 13.4. The SMILES string of the molecule is O=C(c1ccc(F)cc1)N1CCN2C(=O)c3ccccc3C12c1cccnc1. The van der Waals surface area contributed by atoms with Crippen molar-refractivity contribution in [2.75, 3.05) is 13.1 Å². The molecule has 0 saturated carbocycles. The summed E-state index contributed by atoms with van der Waals surface area (Å²) in [6, 6.07) is 16.5. The van der Waals surface area contributed by atoms with E-state index >= 15 is 0 Å². The summed E-state index contributed by atoms with van der Waals surface area (Å²) in [5.74, 6) is -0.757. The first-order chi connectivity index (χ1) is 13.6. The number of rotatable bonds is 2. The smallest absolute Gasteiger partial charge is 0.256 e. The van der Waals surface area contributed by atoms with Gasteiger partial charge in [-0.1, -0.05) is 24.3 Å². The predicted octanol–water partition coefficient (Wildman–Crippen LogP) is 3.03. The number of hydrogen-bond acceptors (Lipinski definition) is 3. The molecule has 5 rings (SSSR count). The van der Waals surface area contributed by atoms with E-state index in [2.05, 4.69) is 4.98 Å². The fraction of sp³-hybridized carbons (Fsp3) is 0.136. The van der Waals surface area contributed by atoms with E-state index in [4.69, 9.17) is 0 Å². The van der Waals surface area contributed by atoms with Crippen molar-refractivity contribution in [1.82, 2.24) is 14.8 Å². The van der Waals surface area contributed by atoms with Crippen molar-refractivity contribution < 1.29 is 14.0 Å². The molecule has 2 aliphatic heterocycles. The van der Waals surface area contributed by atoms with Crippen LogP contribution in [-0.4, -0.2) is 39.7 Å². The van der Waals surface area contributed by atoms with Gasteiger partial charge in [0.05, 0.1) is 0 Å². The number of hydrogen-bond donors (Lipinski definition) is 0. The van der Waals surface area contributed by atoms with E-state index in [0.29, 0.717) is 24.2 Å². The number of halogens is 1. The van der Waals surface area contributed by atoms with Gasteiger partial charge >= 0.3 is 0 Å². The van der Waals surface area contributed by atoms with E-state index < -0.39 is 11.5 Å². The van der Waals surface area contributed by atoms with Gasteiger partial charge in [-0.2, -0.15) is 0 Å². The van der Waals surface area contributed by atoms with Gasteiger partial charge in [0.2, 0.25) is 0 Å². The van der Waals surface area contributed by atoms with Crippen molar-refractivity contribution in [3.63, 3.8) is 0 Å². The highest BCUT2D eigenvalue weighted by molar-refractivity contribution is 6.03. The first kappa shape index (κ1) is 16.6. The molecule has 6 heteroatoms. The first-order valence-corrected chi connectivity index (χ1v) is 9.03. The zero-order valence-electron chi connectivity index (χ0n) is 14.9. The lowest BCUT2D eigenvalue weighted by atomic mass is 9.90. The van der Waals surface area contributed by atoms with Crippen molar-refractivity contribution in [1.29, 1.82) is 0 Å². The van der Waals surface area contributed by atoms with Crippen LogP contribution in [0.15, 0.2) is 73.1 Å². The average Bonchev–Trinajstić information content (AvgIpc) is 3.25. The fourth-order valence-corrected chi connectivity index (χ4v) is 4.36. The summed E-state index contributed by atoms with van der Waals surface area (Å²) in [4.78, 5) is 34.2. The highest BCUT2D eigenvalue weighted by atomic mass is 19.1. The van der Waals surface area contributed by atoms with Crippen LogP contribution in [0.1, 0.15) is 31.8 Å². The summed E-state index contributed by atoms with van der Waals surface area (Å²) < 4.78 is 13.3. The van der Waals surface area contributed by atoms with Crippen LogP contribution in [0, 0.1) is 5.82 Å². The topological polar surface area (TPSA) is 53.5 Å². The molecule has 3 heterocycles. The third-order valence-corrected chi connectivity index (χ3v) is 5.51. The van der Waals surface area contributed by atoms with Gasteiger partial charge in [0, 0.05) is 47.7 Å². The molecule has 2 aromatic carbocycles. The molecule has 2 amide bonds. The summed E-state index contributed by atoms with van der Waals surface area (Å²) in [6.07, 6.45) is 3.35. The summed E-state index contributed by atoms with van der Waals surface area (Å²) in [5, 5.41) is 0. The number of fused-ring (bicyclic) bond motifs is 3. The molecule has 1 atom stereocenters. The lowest BCUT2D eigenvalue weighted by Crippen LogP contribution is -2.51. The van der Waals surface area contributed by atoms with Gasteiger partial charge in [0.1, 0.15) is 5.82 Å². The molecule has 138 valence electrons. The zero-order valence-corrected chi connectivity index (χ0v) is 14.9. The van der Waals surface area contributed by atoms with Gasteiger partial charge in [0.25, 0.3) is 11.8 Å². The molecular weight excluding hydrogens is 357 g/mol. The van der Waals surface area contributed by atoms with Crippen molar-refractivity contribution in [3.8, 4) is 0 Å². The van der Waals surface area contributed by atoms with Crippen LogP contribution in [0.5, 0.6) is 0 Å². The highest BCUT2D eigenvalue weighted by Gasteiger charge is 2.59. The summed E-state index contributed by atoms with van der Waals surface area (Å²) in [5.41, 5.74) is 1.43. The van der Waals surface area contributed by atoms with Crippen molar-refractivity contribution >= 4 is 11.8 Å². The minimum atomic E-state index is -1.05. The minimum Gasteiger partial charge on any atom is -0.306 e. The summed E-state index contributed by atoms with van der Waals surface area (Å²) in [7, 11) is 0. The quantitative estimate of drug-likeness (QED) is 0.694. The Kier molecular flexibility index (Phi) is 3.55. The molecule has 5 nitrogen and oxygen atoms in total. The monoisotopic (exact) mass is 373 g/mol. The maximum Gasteiger partial charge on any atom is 0.256 e. The second kappa shape index (κ2) is 5.99. The Morgan fingerprint density at radius 3 is 2.54 bits per heavy atom. The molecule has 0 spiro atoms. The number of aromatic nitrogens is 1. The minimum absolute atomic E-state index is 0.103. The van der Waals surface area contributed by atoms with E-state index in [-0.39, 0.29) is 11.8 Å². The van der Waals surface area contributed by atoms with E-state index in [0.717, 1.165) is 11.1 Å². The van der Waals surface area contributed by atoms with Crippen molar-refractivity contribution in [3.05, 3.63) is 101 Å². The van der Waals surface area contributed by atoms with Gasteiger partial charge in [0.15, 0.2) is 5.66 Å². The Labute approximate surface area is 161 Å². The number of pyridine rings is 1. The number of amides is 2. The Bertz CT molecular complexity index is 1080. The molecule has 1 unspecified atom stereocenters. The van der Waals surface area contributed by atoms with E-state index in [1.165, 1.54) is 24.3 Å². The van der Waals surface area contributed by atoms with Crippen molar-refractivity contribution in [2.45, 2.75) is 5.66 Å². The third-order valence-electron chi connectivity index (χ3n) is 5.51. The first-order valence-electron chi connectivity index (χ1n) is 9.03. The molecule has 0 bridgehead atoms. The number of nitrogens with zero attached hydrogens (tertiary/aromatic N) is 3. The number of carbonyl (C=O) groups is 2. The Morgan fingerprint density at radius 2 is 1.79 bits per heavy atom. The van der Waals surface area contributed by atoms with Gasteiger partial charge in [-0.05, 0) is 36.4 Å². The van der Waals surface area contributed by atoms with E-state index in [1.807, 2.05) is 24.3 Å². The standard InChI is InChI=1S/C22H16FN3O2/c23-17-9-7-15(8-10-17)20(27)25-12-13-26-21(28)18-5-1-2-6-19(18)22(25,26)16-4-3-11-24-14-16/h1-11,14H,12-13H2. The lowest BCUT2D eigenvalue weighted by Gasteiger charge is -2.40. The molecule has 28 heavy (non-hydrogen) atoms. The Hall–Kier alpha value is -3.54. The largest absolute Gasteiger partial charge is 0.306 e. The van der Waals surface area contributed by atoms with Gasteiger partial charge in [-0.15, -0.1) is 0 Å². The third kappa shape index (κ3) is 2.08. The molecule has 2 aliphatic rings. The maximum atomic E-state index is 13.4. The normalized spacial score (nSPS) is 20.2. The highest BCUT2D eigenvalue weighted by Crippen LogP contribution is 2.49. The van der Waals surface area contributed by atoms with Crippen LogP contribution >= 0.6 is 0 Å². The van der Waals surface area contributed by atoms with Gasteiger partial charge in [-0.3, -0.25) is 14.6 Å². The molecule has 1 aromatic heterocycles. The molecule has 1 fully saturated rings. The van der Waals surface area contributed by atoms with Crippen LogP contribution < -0.4 is 0 Å². The van der Waals surface area contributed by atoms with Crippen LogP contribution in [0.2, 0.25) is 0 Å². The average molecular weight is 373 g/mol. The molecular formula is C22H16FN3O2. The Morgan fingerprint density at radius 1 is 1.00 bits per heavy atom. The Balaban J connectivity index is 1.74. The number of benzene rings is 2. The van der Waals surface area contributed by atoms with E-state index in [1.54, 1.807) is 34.3 Å². The van der Waals surface area contributed by atoms with Crippen LogP contribution in [0.25, 0.3) is 0 Å². The lowest BCUT2D eigenvalue weighted by molar-refractivity contribution is 0.0374. The fourth-order valence-electron chi connectivity index (χ4n) is 4.36. The van der Waals surface area contributed by atoms with Crippen LogP contribution in [0.4, 0.5) is 4.39 Å². The molecule has 0 N–H and O–H groups in total. The molecule has 0 radical (unpaired) electrons. The number of carbonyl (C=O) groups excluding carboxylic acids is 2. The molecule has 3 aromatic rings. The summed E-state index contributed by atoms with van der Waals surface area (Å²) in [6.45, 7) is 0.792. The molecule has 0 aliphatic carbocycles. The second-order valence-corrected chi connectivity index (χ2v) is 6.88. The summed E-state index contributed by atoms with van der Waals surface area (Å²) >= 11 is 0. The van der Waals surface area contributed by atoms with Gasteiger partial charge in [-0.25, -0.2) is 4.39 Å². The van der Waals surface area contributed by atoms with Crippen LogP contribution in [0.3, 0.4) is 0 Å². The molecule has 1 saturated heterocycles.